The molecule has 0 radical (unpaired) electrons. The summed E-state index contributed by atoms with van der Waals surface area (Å²) in [4.78, 5) is 0. The van der Waals surface area contributed by atoms with Gasteiger partial charge in [-0.3, -0.25) is 0 Å². The molecule has 1 nitrogen and oxygen atoms in total. The van der Waals surface area contributed by atoms with Crippen molar-refractivity contribution in [3.63, 3.8) is 0 Å². The number of nitrogens with one attached hydrogen (secondary N) is 1. The normalized spacial score (nSPS) is 14.8. The van der Waals surface area contributed by atoms with Gasteiger partial charge in [-0.2, -0.15) is 0 Å². The average Bonchev–Trinajstić information content (AvgIpc) is 2.19. The van der Waals surface area contributed by atoms with Crippen LogP contribution in [0.15, 0.2) is 34.9 Å². The van der Waals surface area contributed by atoms with Gasteiger partial charge in [0.05, 0.1) is 0 Å². The minimum atomic E-state index is 0.255. The average molecular weight is 276 g/mol. The summed E-state index contributed by atoms with van der Waals surface area (Å²) in [6.07, 6.45) is 6.10. The second-order valence-corrected chi connectivity index (χ2v) is 5.24. The van der Waals surface area contributed by atoms with Crippen LogP contribution in [0, 0.1) is 20.8 Å². The Balaban J connectivity index is 2.48. The van der Waals surface area contributed by atoms with Crippen LogP contribution in [0.3, 0.4) is 0 Å². The molecule has 0 saturated carbocycles. The molecule has 0 spiro atoms. The van der Waals surface area contributed by atoms with E-state index in [9.17, 15) is 0 Å². The maximum Gasteiger partial charge on any atom is 0.328 e. The van der Waals surface area contributed by atoms with Gasteiger partial charge in [0.15, 0.2) is 0 Å². The van der Waals surface area contributed by atoms with Gasteiger partial charge in [-0.15, -0.1) is 0 Å². The minimum Gasteiger partial charge on any atom is -0.426 e. The highest BCUT2D eigenvalue weighted by Gasteiger charge is 2.24. The third-order valence-electron chi connectivity index (χ3n) is 2.92. The topological polar surface area (TPSA) is 12.0 Å². The van der Waals surface area contributed by atoms with E-state index in [0.29, 0.717) is 0 Å². The molecule has 0 fully saturated rings. The van der Waals surface area contributed by atoms with Gasteiger partial charge >= 0.3 is 6.85 Å². The van der Waals surface area contributed by atoms with Gasteiger partial charge in [-0.05, 0) is 42.9 Å². The van der Waals surface area contributed by atoms with E-state index < -0.39 is 0 Å². The first-order chi connectivity index (χ1) is 7.59. The Morgan fingerprint density at radius 2 is 1.75 bits per heavy atom. The molecular weight excluding hydrogens is 261 g/mol. The van der Waals surface area contributed by atoms with Crippen molar-refractivity contribution in [2.24, 2.45) is 0 Å². The Bertz CT molecular complexity index is 454. The summed E-state index contributed by atoms with van der Waals surface area (Å²) in [6.45, 7) is 6.75. The van der Waals surface area contributed by atoms with Gasteiger partial charge in [0.1, 0.15) is 0 Å². The monoisotopic (exact) mass is 275 g/mol. The van der Waals surface area contributed by atoms with Crippen molar-refractivity contribution in [2.45, 2.75) is 20.8 Å². The molecule has 1 aromatic rings. The number of halogens is 1. The number of hydrogen-bond acceptors (Lipinski definition) is 1. The summed E-state index contributed by atoms with van der Waals surface area (Å²) in [5.74, 6) is 0. The predicted molar refractivity (Wildman–Crippen MR) is 75.3 cm³/mol. The van der Waals surface area contributed by atoms with Crippen molar-refractivity contribution in [3.05, 3.63) is 51.6 Å². The van der Waals surface area contributed by atoms with E-state index in [1.165, 1.54) is 26.5 Å². The molecule has 0 amide bonds. The Kier molecular flexibility index (Phi) is 3.24. The van der Waals surface area contributed by atoms with Crippen molar-refractivity contribution >= 4 is 28.2 Å². The summed E-state index contributed by atoms with van der Waals surface area (Å²) >= 11 is 3.63. The number of benzene rings is 1. The van der Waals surface area contributed by atoms with Crippen molar-refractivity contribution in [2.75, 3.05) is 0 Å². The van der Waals surface area contributed by atoms with Crippen LogP contribution in [-0.2, 0) is 0 Å². The third-order valence-corrected chi connectivity index (χ3v) is 3.64. The van der Waals surface area contributed by atoms with Crippen molar-refractivity contribution in [1.29, 1.82) is 0 Å². The van der Waals surface area contributed by atoms with Crippen LogP contribution in [0.1, 0.15) is 16.7 Å². The largest absolute Gasteiger partial charge is 0.426 e. The number of aryl methyl sites for hydroxylation is 3. The molecule has 0 saturated heterocycles. The Morgan fingerprint density at radius 1 is 1.12 bits per heavy atom. The van der Waals surface area contributed by atoms with E-state index >= 15 is 0 Å². The van der Waals surface area contributed by atoms with Crippen LogP contribution in [-0.4, -0.2) is 6.85 Å². The van der Waals surface area contributed by atoms with Crippen LogP contribution in [0.4, 0.5) is 0 Å². The van der Waals surface area contributed by atoms with Crippen LogP contribution in [0.2, 0.25) is 0 Å². The molecule has 1 N–H and O–H groups in total. The van der Waals surface area contributed by atoms with Crippen LogP contribution >= 0.6 is 15.9 Å². The molecule has 0 unspecified atom stereocenters. The Labute approximate surface area is 106 Å². The highest BCUT2D eigenvalue weighted by atomic mass is 79.9. The highest BCUT2D eigenvalue weighted by Crippen LogP contribution is 2.15. The second kappa shape index (κ2) is 4.50. The van der Waals surface area contributed by atoms with E-state index in [4.69, 9.17) is 0 Å². The molecule has 0 bridgehead atoms. The highest BCUT2D eigenvalue weighted by molar-refractivity contribution is 9.12. The molecular formula is C13H15BBrN. The standard InChI is InChI=1S/C13H15BBrN/c1-9-7-10(2)13(11(3)8-9)14-12(15)5-4-6-16-14/h4-8,16H,1-3H3. The van der Waals surface area contributed by atoms with E-state index in [2.05, 4.69) is 60.1 Å². The quantitative estimate of drug-likeness (QED) is 0.778. The number of hydrogen-bond donors (Lipinski definition) is 1. The summed E-state index contributed by atoms with van der Waals surface area (Å²) in [6, 6.07) is 4.48. The fourth-order valence-corrected chi connectivity index (χ4v) is 2.85. The zero-order valence-corrected chi connectivity index (χ0v) is 11.4. The lowest BCUT2D eigenvalue weighted by atomic mass is 9.52. The summed E-state index contributed by atoms with van der Waals surface area (Å²) in [5.41, 5.74) is 5.38. The van der Waals surface area contributed by atoms with Crippen molar-refractivity contribution < 1.29 is 0 Å². The van der Waals surface area contributed by atoms with Gasteiger partial charge < -0.3 is 5.23 Å². The van der Waals surface area contributed by atoms with E-state index in [0.717, 1.165) is 0 Å². The predicted octanol–water partition coefficient (Wildman–Crippen LogP) is 2.75. The molecule has 82 valence electrons. The third kappa shape index (κ3) is 2.10. The van der Waals surface area contributed by atoms with Crippen LogP contribution < -0.4 is 10.7 Å². The summed E-state index contributed by atoms with van der Waals surface area (Å²) in [7, 11) is 0. The number of allylic oxidation sites excluding steroid dienone is 2. The summed E-state index contributed by atoms with van der Waals surface area (Å²) < 4.78 is 1.19. The maximum atomic E-state index is 3.63. The molecule has 0 aliphatic carbocycles. The second-order valence-electron chi connectivity index (χ2n) is 4.32. The molecule has 3 heteroatoms. The first kappa shape index (κ1) is 11.5. The van der Waals surface area contributed by atoms with Crippen molar-refractivity contribution in [3.8, 4) is 0 Å². The first-order valence-corrected chi connectivity index (χ1v) is 6.25. The van der Waals surface area contributed by atoms with Crippen LogP contribution in [0.25, 0.3) is 0 Å². The molecule has 0 atom stereocenters. The molecule has 2 rings (SSSR count). The van der Waals surface area contributed by atoms with Gasteiger partial charge in [-0.1, -0.05) is 50.8 Å². The smallest absolute Gasteiger partial charge is 0.328 e. The molecule has 0 aromatic heterocycles. The zero-order valence-electron chi connectivity index (χ0n) is 9.84. The molecule has 1 aliphatic heterocycles. The molecule has 1 aromatic carbocycles. The van der Waals surface area contributed by atoms with Gasteiger partial charge in [-0.25, -0.2) is 0 Å². The molecule has 1 aliphatic rings. The fraction of sp³-hybridized carbons (Fsp3) is 0.231. The Morgan fingerprint density at radius 3 is 2.31 bits per heavy atom. The zero-order chi connectivity index (χ0) is 11.7. The lowest BCUT2D eigenvalue weighted by Gasteiger charge is -2.21. The summed E-state index contributed by atoms with van der Waals surface area (Å²) in [5, 5.41) is 3.39. The number of rotatable bonds is 1. The van der Waals surface area contributed by atoms with Gasteiger partial charge in [0.25, 0.3) is 0 Å². The fourth-order valence-electron chi connectivity index (χ4n) is 2.34. The minimum absolute atomic E-state index is 0.255. The van der Waals surface area contributed by atoms with Gasteiger partial charge in [0.2, 0.25) is 0 Å². The lowest BCUT2D eigenvalue weighted by Crippen LogP contribution is -2.46. The van der Waals surface area contributed by atoms with Crippen LogP contribution in [0.5, 0.6) is 0 Å². The van der Waals surface area contributed by atoms with Gasteiger partial charge in [0, 0.05) is 0 Å². The van der Waals surface area contributed by atoms with Crippen molar-refractivity contribution in [1.82, 2.24) is 5.23 Å². The molecule has 1 heterocycles. The SMILES string of the molecule is Cc1cc(C)c(B2NC=CC=C2Br)c(C)c1. The Hall–Kier alpha value is -0.955. The van der Waals surface area contributed by atoms with E-state index in [-0.39, 0.29) is 6.85 Å². The molecule has 16 heavy (non-hydrogen) atoms. The first-order valence-electron chi connectivity index (χ1n) is 5.45. The van der Waals surface area contributed by atoms with E-state index in [1.54, 1.807) is 0 Å². The maximum absolute atomic E-state index is 3.63. The lowest BCUT2D eigenvalue weighted by molar-refractivity contribution is 1.29. The van der Waals surface area contributed by atoms with E-state index in [1.807, 2.05) is 12.3 Å².